The minimum atomic E-state index is -0.804. The van der Waals surface area contributed by atoms with Crippen molar-refractivity contribution in [2.75, 3.05) is 6.61 Å². The van der Waals surface area contributed by atoms with Gasteiger partial charge in [0.25, 0.3) is 0 Å². The number of hydrogen-bond donors (Lipinski definition) is 3. The number of unbranched alkanes of at least 4 members (excludes halogenated alkanes) is 28. The quantitative estimate of drug-likeness (QED) is 0.0245. The molecule has 6 nitrogen and oxygen atoms in total. The Morgan fingerprint density at radius 2 is 0.891 bits per heavy atom. The minimum absolute atomic E-state index is 0.0401. The van der Waals surface area contributed by atoms with Crippen LogP contribution in [-0.2, 0) is 14.3 Å². The number of carbonyl (C=O) groups is 2. The zero-order valence-electron chi connectivity index (χ0n) is 42.4. The van der Waals surface area contributed by atoms with Crippen molar-refractivity contribution in [3.05, 3.63) is 60.8 Å². The van der Waals surface area contributed by atoms with Gasteiger partial charge in [-0.15, -0.1) is 0 Å². The number of aliphatic hydroxyl groups is 2. The van der Waals surface area contributed by atoms with Crippen molar-refractivity contribution in [2.24, 2.45) is 0 Å². The van der Waals surface area contributed by atoms with Gasteiger partial charge in [0.2, 0.25) is 5.91 Å². The van der Waals surface area contributed by atoms with Crippen LogP contribution in [0.3, 0.4) is 0 Å². The molecular formula is C58H105NO5. The van der Waals surface area contributed by atoms with Crippen molar-refractivity contribution in [3.8, 4) is 0 Å². The fourth-order valence-electron chi connectivity index (χ4n) is 8.20. The Bertz CT molecular complexity index is 1140. The summed E-state index contributed by atoms with van der Waals surface area (Å²) in [6, 6.07) is -0.721. The maximum Gasteiger partial charge on any atom is 0.306 e. The van der Waals surface area contributed by atoms with Crippen molar-refractivity contribution >= 4 is 11.9 Å². The standard InChI is InChI=1S/C58H105NO5/c1-4-7-10-13-16-19-22-25-27-29-30-32-35-38-41-44-47-50-56(61)55(53-60)59-57(62)52-54(49-46-43-40-37-34-24-21-18-15-12-9-6-3)64-58(63)51-48-45-42-39-36-33-31-28-26-23-20-17-14-11-8-5-2/h9,12,18,21,28,31,33-34,36-37,54-56,60-61H,4-8,10-11,13-17,19-20,22-27,29-30,32,35,38-53H2,1-3H3,(H,59,62)/b12-9+,21-18+,31-28+,36-33+,37-34+. The molecule has 0 aromatic heterocycles. The Kier molecular flexibility index (Phi) is 49.6. The highest BCUT2D eigenvalue weighted by Crippen LogP contribution is 2.17. The number of amides is 1. The second-order valence-electron chi connectivity index (χ2n) is 18.6. The Balaban J connectivity index is 4.57. The highest BCUT2D eigenvalue weighted by atomic mass is 16.5. The zero-order valence-corrected chi connectivity index (χ0v) is 42.4. The summed E-state index contributed by atoms with van der Waals surface area (Å²) in [7, 11) is 0. The maximum atomic E-state index is 13.2. The van der Waals surface area contributed by atoms with E-state index in [0.717, 1.165) is 89.9 Å². The first-order chi connectivity index (χ1) is 31.5. The number of hydrogen-bond acceptors (Lipinski definition) is 5. The van der Waals surface area contributed by atoms with Crippen LogP contribution < -0.4 is 5.32 Å². The molecule has 0 aliphatic carbocycles. The van der Waals surface area contributed by atoms with E-state index in [2.05, 4.69) is 86.8 Å². The average molecular weight is 896 g/mol. The lowest BCUT2D eigenvalue weighted by molar-refractivity contribution is -0.151. The Morgan fingerprint density at radius 1 is 0.484 bits per heavy atom. The summed E-state index contributed by atoms with van der Waals surface area (Å²) >= 11 is 0. The van der Waals surface area contributed by atoms with E-state index in [1.54, 1.807) is 0 Å². The molecular weight excluding hydrogens is 791 g/mol. The number of aliphatic hydroxyl groups excluding tert-OH is 2. The van der Waals surface area contributed by atoms with E-state index in [4.69, 9.17) is 4.74 Å². The molecule has 0 saturated carbocycles. The summed E-state index contributed by atoms with van der Waals surface area (Å²) in [5, 5.41) is 23.8. The molecule has 372 valence electrons. The minimum Gasteiger partial charge on any atom is -0.462 e. The van der Waals surface area contributed by atoms with E-state index in [-0.39, 0.29) is 24.9 Å². The monoisotopic (exact) mass is 896 g/mol. The lowest BCUT2D eigenvalue weighted by Gasteiger charge is -2.24. The molecule has 6 heteroatoms. The van der Waals surface area contributed by atoms with Gasteiger partial charge in [0.05, 0.1) is 25.2 Å². The van der Waals surface area contributed by atoms with Crippen LogP contribution >= 0.6 is 0 Å². The molecule has 3 atom stereocenters. The van der Waals surface area contributed by atoms with Gasteiger partial charge in [-0.05, 0) is 83.5 Å². The molecule has 0 bridgehead atoms. The summed E-state index contributed by atoms with van der Waals surface area (Å²) in [4.78, 5) is 26.2. The van der Waals surface area contributed by atoms with Crippen LogP contribution in [0.2, 0.25) is 0 Å². The average Bonchev–Trinajstić information content (AvgIpc) is 3.29. The molecule has 0 aliphatic heterocycles. The van der Waals surface area contributed by atoms with E-state index in [1.165, 1.54) is 135 Å². The van der Waals surface area contributed by atoms with Crippen LogP contribution in [0.25, 0.3) is 0 Å². The van der Waals surface area contributed by atoms with Crippen LogP contribution in [0.1, 0.15) is 271 Å². The van der Waals surface area contributed by atoms with Gasteiger partial charge in [-0.1, -0.05) is 236 Å². The Labute approximate surface area is 397 Å². The number of allylic oxidation sites excluding steroid dienone is 10. The summed E-state index contributed by atoms with van der Waals surface area (Å²) in [6.45, 7) is 6.36. The molecule has 3 unspecified atom stereocenters. The smallest absolute Gasteiger partial charge is 0.306 e. The molecule has 0 rings (SSSR count). The summed E-state index contributed by atoms with van der Waals surface area (Å²) in [5.74, 6) is -0.540. The zero-order chi connectivity index (χ0) is 46.7. The third-order valence-corrected chi connectivity index (χ3v) is 12.4. The van der Waals surface area contributed by atoms with Gasteiger partial charge in [0, 0.05) is 6.42 Å². The highest BCUT2D eigenvalue weighted by Gasteiger charge is 2.24. The van der Waals surface area contributed by atoms with E-state index < -0.39 is 18.2 Å². The molecule has 64 heavy (non-hydrogen) atoms. The lowest BCUT2D eigenvalue weighted by Crippen LogP contribution is -2.46. The van der Waals surface area contributed by atoms with Crippen molar-refractivity contribution in [1.82, 2.24) is 5.32 Å². The Morgan fingerprint density at radius 3 is 1.39 bits per heavy atom. The first-order valence-corrected chi connectivity index (χ1v) is 27.5. The van der Waals surface area contributed by atoms with Crippen molar-refractivity contribution in [2.45, 2.75) is 289 Å². The number of carbonyl (C=O) groups excluding carboxylic acids is 2. The predicted octanol–water partition coefficient (Wildman–Crippen LogP) is 16.8. The van der Waals surface area contributed by atoms with Crippen LogP contribution in [0, 0.1) is 0 Å². The first-order valence-electron chi connectivity index (χ1n) is 27.5. The van der Waals surface area contributed by atoms with Crippen LogP contribution in [0.15, 0.2) is 60.8 Å². The maximum absolute atomic E-state index is 13.2. The van der Waals surface area contributed by atoms with Gasteiger partial charge in [-0.2, -0.15) is 0 Å². The number of esters is 1. The Hall–Kier alpha value is -2.44. The van der Waals surface area contributed by atoms with Gasteiger partial charge in [0.15, 0.2) is 0 Å². The van der Waals surface area contributed by atoms with Gasteiger partial charge < -0.3 is 20.3 Å². The molecule has 3 N–H and O–H groups in total. The summed E-state index contributed by atoms with van der Waals surface area (Å²) in [6.07, 6.45) is 64.3. The normalized spacial score (nSPS) is 13.6. The largest absolute Gasteiger partial charge is 0.462 e. The molecule has 0 aliphatic rings. The van der Waals surface area contributed by atoms with Crippen molar-refractivity contribution in [3.63, 3.8) is 0 Å². The van der Waals surface area contributed by atoms with E-state index in [9.17, 15) is 19.8 Å². The van der Waals surface area contributed by atoms with E-state index in [0.29, 0.717) is 19.3 Å². The fourth-order valence-corrected chi connectivity index (χ4v) is 8.20. The van der Waals surface area contributed by atoms with Gasteiger partial charge in [0.1, 0.15) is 6.10 Å². The van der Waals surface area contributed by atoms with E-state index >= 15 is 0 Å². The van der Waals surface area contributed by atoms with Crippen LogP contribution in [-0.4, -0.2) is 46.9 Å². The second-order valence-corrected chi connectivity index (χ2v) is 18.6. The first kappa shape index (κ1) is 61.6. The molecule has 0 aromatic rings. The number of nitrogens with one attached hydrogen (secondary N) is 1. The van der Waals surface area contributed by atoms with Crippen LogP contribution in [0.5, 0.6) is 0 Å². The van der Waals surface area contributed by atoms with Gasteiger partial charge in [-0.25, -0.2) is 0 Å². The molecule has 0 saturated heterocycles. The molecule has 0 spiro atoms. The summed E-state index contributed by atoms with van der Waals surface area (Å²) in [5.41, 5.74) is 0. The third kappa shape index (κ3) is 46.1. The second kappa shape index (κ2) is 51.5. The lowest BCUT2D eigenvalue weighted by atomic mass is 10.0. The highest BCUT2D eigenvalue weighted by molar-refractivity contribution is 5.77. The van der Waals surface area contributed by atoms with Crippen LogP contribution in [0.4, 0.5) is 0 Å². The fraction of sp³-hybridized carbons (Fsp3) is 0.793. The van der Waals surface area contributed by atoms with Gasteiger partial charge >= 0.3 is 5.97 Å². The number of rotatable bonds is 49. The molecule has 0 heterocycles. The topological polar surface area (TPSA) is 95.9 Å². The van der Waals surface area contributed by atoms with Crippen molar-refractivity contribution in [1.29, 1.82) is 0 Å². The van der Waals surface area contributed by atoms with E-state index in [1.807, 2.05) is 0 Å². The van der Waals surface area contributed by atoms with Gasteiger partial charge in [-0.3, -0.25) is 9.59 Å². The molecule has 0 aromatic carbocycles. The number of ether oxygens (including phenoxy) is 1. The predicted molar refractivity (Wildman–Crippen MR) is 278 cm³/mol. The summed E-state index contributed by atoms with van der Waals surface area (Å²) < 4.78 is 5.91. The SMILES string of the molecule is CC/C=C/C/C=C/C/C=C/CCCCC(CC(=O)NC(CO)C(O)CCCCCCCCCCCCCCCCCCC)OC(=O)CCCCC/C=C/C=C/CCCCCCCCC. The third-order valence-electron chi connectivity index (χ3n) is 12.4. The molecule has 1 amide bonds. The molecule has 0 radical (unpaired) electrons. The molecule has 0 fully saturated rings. The van der Waals surface area contributed by atoms with Crippen molar-refractivity contribution < 1.29 is 24.5 Å².